The first kappa shape index (κ1) is 20.7. The van der Waals surface area contributed by atoms with Gasteiger partial charge in [-0.05, 0) is 56.0 Å². The Morgan fingerprint density at radius 1 is 1.20 bits per heavy atom. The Kier molecular flexibility index (Phi) is 6.28. The van der Waals surface area contributed by atoms with Crippen molar-refractivity contribution in [3.8, 4) is 5.69 Å². The summed E-state index contributed by atoms with van der Waals surface area (Å²) < 4.78 is 2.18. The van der Waals surface area contributed by atoms with E-state index in [-0.39, 0.29) is 11.8 Å². The standard InChI is InChI=1S/C24H29ClN4O/c1-3-4-12-26-23(30)18-10-13-28(14-11-18)24-27-21-15-17(2)20(25)16-22(21)29(24)19-8-6-5-7-9-19/h5-9,15-16,18H,3-4,10-14H2,1-2H3,(H,26,30). The molecule has 1 fully saturated rings. The maximum absolute atomic E-state index is 12.5. The number of nitrogens with zero attached hydrogens (tertiary/aromatic N) is 3. The van der Waals surface area contributed by atoms with Crippen LogP contribution in [0.3, 0.4) is 0 Å². The van der Waals surface area contributed by atoms with E-state index < -0.39 is 0 Å². The van der Waals surface area contributed by atoms with Crippen molar-refractivity contribution in [2.45, 2.75) is 39.5 Å². The second-order valence-electron chi connectivity index (χ2n) is 8.08. The van der Waals surface area contributed by atoms with Gasteiger partial charge in [-0.1, -0.05) is 43.1 Å². The number of halogens is 1. The third kappa shape index (κ3) is 4.17. The lowest BCUT2D eigenvalue weighted by atomic mass is 9.96. The van der Waals surface area contributed by atoms with Crippen LogP contribution in [-0.4, -0.2) is 35.1 Å². The molecular weight excluding hydrogens is 396 g/mol. The molecule has 1 aliphatic rings. The number of rotatable bonds is 6. The largest absolute Gasteiger partial charge is 0.356 e. The molecule has 0 unspecified atom stereocenters. The van der Waals surface area contributed by atoms with Gasteiger partial charge in [-0.15, -0.1) is 0 Å². The minimum atomic E-state index is 0.0874. The lowest BCUT2D eigenvalue weighted by Crippen LogP contribution is -2.41. The highest BCUT2D eigenvalue weighted by molar-refractivity contribution is 6.32. The van der Waals surface area contributed by atoms with Crippen LogP contribution in [0.1, 0.15) is 38.2 Å². The van der Waals surface area contributed by atoms with E-state index in [0.717, 1.165) is 78.6 Å². The molecule has 1 aromatic heterocycles. The summed E-state index contributed by atoms with van der Waals surface area (Å²) >= 11 is 6.45. The molecule has 1 N–H and O–H groups in total. The van der Waals surface area contributed by atoms with E-state index >= 15 is 0 Å². The van der Waals surface area contributed by atoms with Gasteiger partial charge in [-0.25, -0.2) is 4.98 Å². The van der Waals surface area contributed by atoms with Gasteiger partial charge < -0.3 is 10.2 Å². The number of aromatic nitrogens is 2. The summed E-state index contributed by atoms with van der Waals surface area (Å²) in [6.45, 7) is 6.55. The fourth-order valence-corrected chi connectivity index (χ4v) is 4.27. The van der Waals surface area contributed by atoms with Crippen molar-refractivity contribution in [2.24, 2.45) is 5.92 Å². The van der Waals surface area contributed by atoms with Crippen molar-refractivity contribution in [3.05, 3.63) is 53.1 Å². The van der Waals surface area contributed by atoms with E-state index in [1.165, 1.54) is 0 Å². The van der Waals surface area contributed by atoms with E-state index in [0.29, 0.717) is 0 Å². The normalized spacial score (nSPS) is 15.0. The van der Waals surface area contributed by atoms with Gasteiger partial charge in [0.2, 0.25) is 11.9 Å². The number of carbonyl (C=O) groups excluding carboxylic acids is 1. The number of hydrogen-bond donors (Lipinski definition) is 1. The summed E-state index contributed by atoms with van der Waals surface area (Å²) in [5, 5.41) is 3.83. The zero-order valence-electron chi connectivity index (χ0n) is 17.7. The van der Waals surface area contributed by atoms with Gasteiger partial charge in [0.1, 0.15) is 0 Å². The van der Waals surface area contributed by atoms with Gasteiger partial charge in [-0.2, -0.15) is 0 Å². The Morgan fingerprint density at radius 2 is 1.93 bits per heavy atom. The molecule has 1 saturated heterocycles. The van der Waals surface area contributed by atoms with Gasteiger partial charge in [0.05, 0.1) is 11.0 Å². The second kappa shape index (κ2) is 9.09. The topological polar surface area (TPSA) is 50.2 Å². The molecule has 4 rings (SSSR count). The molecule has 0 saturated carbocycles. The Labute approximate surface area is 183 Å². The number of fused-ring (bicyclic) bond motifs is 1. The van der Waals surface area contributed by atoms with Crippen LogP contribution in [0.25, 0.3) is 16.7 Å². The van der Waals surface area contributed by atoms with Crippen molar-refractivity contribution in [2.75, 3.05) is 24.5 Å². The van der Waals surface area contributed by atoms with E-state index in [1.54, 1.807) is 0 Å². The molecule has 0 atom stereocenters. The first-order valence-corrected chi connectivity index (χ1v) is 11.2. The lowest BCUT2D eigenvalue weighted by molar-refractivity contribution is -0.125. The van der Waals surface area contributed by atoms with Crippen LogP contribution in [0.4, 0.5) is 5.95 Å². The number of benzene rings is 2. The average molecular weight is 425 g/mol. The molecule has 5 nitrogen and oxygen atoms in total. The Bertz CT molecular complexity index is 1020. The number of piperidine rings is 1. The van der Waals surface area contributed by atoms with Crippen molar-refractivity contribution in [1.82, 2.24) is 14.9 Å². The first-order valence-electron chi connectivity index (χ1n) is 10.8. The fraction of sp³-hybridized carbons (Fsp3) is 0.417. The highest BCUT2D eigenvalue weighted by Gasteiger charge is 2.28. The Hall–Kier alpha value is -2.53. The molecule has 30 heavy (non-hydrogen) atoms. The van der Waals surface area contributed by atoms with Gasteiger partial charge in [0.15, 0.2) is 0 Å². The number of nitrogens with one attached hydrogen (secondary N) is 1. The van der Waals surface area contributed by atoms with Crippen LogP contribution in [0.2, 0.25) is 5.02 Å². The minimum absolute atomic E-state index is 0.0874. The molecule has 0 spiro atoms. The predicted octanol–water partition coefficient (Wildman–Crippen LogP) is 5.12. The van der Waals surface area contributed by atoms with Crippen LogP contribution in [0.5, 0.6) is 0 Å². The van der Waals surface area contributed by atoms with Crippen molar-refractivity contribution < 1.29 is 4.79 Å². The summed E-state index contributed by atoms with van der Waals surface area (Å²) in [5.41, 5.74) is 4.03. The molecule has 1 aliphatic heterocycles. The van der Waals surface area contributed by atoms with Gasteiger partial charge in [0, 0.05) is 36.3 Å². The average Bonchev–Trinajstić information content (AvgIpc) is 3.13. The summed E-state index contributed by atoms with van der Waals surface area (Å²) in [6, 6.07) is 14.3. The molecule has 6 heteroatoms. The molecule has 2 aromatic carbocycles. The number of anilines is 1. The molecule has 0 radical (unpaired) electrons. The number of para-hydroxylation sites is 1. The smallest absolute Gasteiger partial charge is 0.223 e. The Balaban J connectivity index is 1.61. The third-order valence-electron chi connectivity index (χ3n) is 5.91. The number of carbonyl (C=O) groups is 1. The molecule has 3 aromatic rings. The van der Waals surface area contributed by atoms with Crippen LogP contribution in [-0.2, 0) is 4.79 Å². The number of aryl methyl sites for hydroxylation is 1. The summed E-state index contributed by atoms with van der Waals surface area (Å²) in [4.78, 5) is 19.7. The zero-order valence-corrected chi connectivity index (χ0v) is 18.5. The number of hydrogen-bond acceptors (Lipinski definition) is 3. The van der Waals surface area contributed by atoms with Crippen LogP contribution < -0.4 is 10.2 Å². The second-order valence-corrected chi connectivity index (χ2v) is 8.49. The number of amides is 1. The highest BCUT2D eigenvalue weighted by atomic mass is 35.5. The molecule has 0 bridgehead atoms. The van der Waals surface area contributed by atoms with E-state index in [9.17, 15) is 4.79 Å². The zero-order chi connectivity index (χ0) is 21.1. The quantitative estimate of drug-likeness (QED) is 0.558. The van der Waals surface area contributed by atoms with Gasteiger partial charge in [0.25, 0.3) is 0 Å². The summed E-state index contributed by atoms with van der Waals surface area (Å²) in [5.74, 6) is 1.20. The molecule has 0 aliphatic carbocycles. The van der Waals surface area contributed by atoms with E-state index in [2.05, 4.69) is 39.9 Å². The Morgan fingerprint density at radius 3 is 2.63 bits per heavy atom. The minimum Gasteiger partial charge on any atom is -0.356 e. The van der Waals surface area contributed by atoms with E-state index in [1.807, 2.05) is 31.2 Å². The SMILES string of the molecule is CCCCNC(=O)C1CCN(c2nc3cc(C)c(Cl)cc3n2-c2ccccc2)CC1. The van der Waals surface area contributed by atoms with E-state index in [4.69, 9.17) is 16.6 Å². The molecule has 2 heterocycles. The van der Waals surface area contributed by atoms with Crippen LogP contribution in [0, 0.1) is 12.8 Å². The molecular formula is C24H29ClN4O. The molecule has 1 amide bonds. The van der Waals surface area contributed by atoms with Crippen LogP contribution in [0.15, 0.2) is 42.5 Å². The lowest BCUT2D eigenvalue weighted by Gasteiger charge is -2.32. The predicted molar refractivity (Wildman–Crippen MR) is 124 cm³/mol. The number of unbranched alkanes of at least 4 members (excludes halogenated alkanes) is 1. The monoisotopic (exact) mass is 424 g/mol. The highest BCUT2D eigenvalue weighted by Crippen LogP contribution is 2.32. The van der Waals surface area contributed by atoms with Gasteiger partial charge in [-0.3, -0.25) is 9.36 Å². The fourth-order valence-electron chi connectivity index (χ4n) is 4.11. The van der Waals surface area contributed by atoms with Crippen LogP contribution >= 0.6 is 11.6 Å². The maximum Gasteiger partial charge on any atom is 0.223 e. The first-order chi connectivity index (χ1) is 14.6. The van der Waals surface area contributed by atoms with Gasteiger partial charge >= 0.3 is 0 Å². The third-order valence-corrected chi connectivity index (χ3v) is 6.32. The number of imidazole rings is 1. The molecule has 158 valence electrons. The van der Waals surface area contributed by atoms with Crippen molar-refractivity contribution in [3.63, 3.8) is 0 Å². The van der Waals surface area contributed by atoms with Crippen molar-refractivity contribution in [1.29, 1.82) is 0 Å². The summed E-state index contributed by atoms with van der Waals surface area (Å²) in [7, 11) is 0. The van der Waals surface area contributed by atoms with Crippen molar-refractivity contribution >= 4 is 34.5 Å². The maximum atomic E-state index is 12.5. The summed E-state index contributed by atoms with van der Waals surface area (Å²) in [6.07, 6.45) is 3.82.